The summed E-state index contributed by atoms with van der Waals surface area (Å²) in [4.78, 5) is 31.5. The van der Waals surface area contributed by atoms with Crippen LogP contribution in [0.3, 0.4) is 0 Å². The lowest BCUT2D eigenvalue weighted by Gasteiger charge is -2.05. The lowest BCUT2D eigenvalue weighted by molar-refractivity contribution is 0.0939. The smallest absolute Gasteiger partial charge is 0.294 e. The molecule has 0 atom stereocenters. The van der Waals surface area contributed by atoms with E-state index in [4.69, 9.17) is 4.42 Å². The van der Waals surface area contributed by atoms with Crippen molar-refractivity contribution in [2.45, 2.75) is 6.54 Å². The maximum Gasteiger partial charge on any atom is 0.294 e. The second-order valence-electron chi connectivity index (χ2n) is 5.64. The van der Waals surface area contributed by atoms with Gasteiger partial charge in [-0.25, -0.2) is 4.98 Å². The third-order valence-corrected chi connectivity index (χ3v) is 4.63. The molecule has 0 saturated heterocycles. The highest BCUT2D eigenvalue weighted by Crippen LogP contribution is 2.22. The molecule has 0 aliphatic rings. The number of H-pyrrole nitrogens is 1. The number of aromatic hydroxyl groups is 1. The van der Waals surface area contributed by atoms with Crippen LogP contribution >= 0.6 is 11.3 Å². The molecule has 9 nitrogen and oxygen atoms in total. The number of aromatic amines is 1. The molecular formula is C18H13N5O4S. The first-order valence-electron chi connectivity index (χ1n) is 8.15. The fourth-order valence-corrected chi connectivity index (χ4v) is 3.09. The minimum absolute atomic E-state index is 0.0824. The molecule has 0 radical (unpaired) electrons. The maximum atomic E-state index is 12.4. The number of carbonyl (C=O) groups excluding carboxylic acids is 1. The van der Waals surface area contributed by atoms with Crippen LogP contribution in [0.15, 0.2) is 57.1 Å². The van der Waals surface area contributed by atoms with Gasteiger partial charge in [0, 0.05) is 5.56 Å². The van der Waals surface area contributed by atoms with Gasteiger partial charge in [-0.2, -0.15) is 0 Å². The number of nitrogens with one attached hydrogen (secondary N) is 2. The molecule has 4 aromatic rings. The second kappa shape index (κ2) is 7.45. The van der Waals surface area contributed by atoms with Crippen LogP contribution in [0.4, 0.5) is 0 Å². The highest BCUT2D eigenvalue weighted by Gasteiger charge is 2.19. The highest BCUT2D eigenvalue weighted by atomic mass is 32.1. The molecule has 3 aromatic heterocycles. The van der Waals surface area contributed by atoms with Gasteiger partial charge in [0.2, 0.25) is 17.5 Å². The first-order valence-corrected chi connectivity index (χ1v) is 9.03. The van der Waals surface area contributed by atoms with Crippen molar-refractivity contribution in [3.8, 4) is 27.9 Å². The molecule has 28 heavy (non-hydrogen) atoms. The summed E-state index contributed by atoms with van der Waals surface area (Å²) in [5, 5.41) is 22.1. The fourth-order valence-electron chi connectivity index (χ4n) is 2.42. The Bertz CT molecular complexity index is 1170. The van der Waals surface area contributed by atoms with Gasteiger partial charge in [0.25, 0.3) is 11.5 Å². The number of hydrogen-bond acceptors (Lipinski definition) is 8. The Hall–Kier alpha value is -3.79. The van der Waals surface area contributed by atoms with Crippen molar-refractivity contribution in [1.29, 1.82) is 0 Å². The molecular weight excluding hydrogens is 382 g/mol. The lowest BCUT2D eigenvalue weighted by atomic mass is 10.2. The molecule has 0 aliphatic heterocycles. The molecule has 4 rings (SSSR count). The number of carbonyl (C=O) groups is 1. The molecule has 1 amide bonds. The van der Waals surface area contributed by atoms with Crippen molar-refractivity contribution in [1.82, 2.24) is 25.5 Å². The predicted molar refractivity (Wildman–Crippen MR) is 101 cm³/mol. The fraction of sp³-hybridized carbons (Fsp3) is 0.0556. The molecule has 0 unspecified atom stereocenters. The quantitative estimate of drug-likeness (QED) is 0.471. The first kappa shape index (κ1) is 17.6. The summed E-state index contributed by atoms with van der Waals surface area (Å²) in [5.74, 6) is -0.793. The van der Waals surface area contributed by atoms with Crippen LogP contribution in [0.1, 0.15) is 16.4 Å². The molecule has 0 aliphatic carbocycles. The van der Waals surface area contributed by atoms with Gasteiger partial charge < -0.3 is 19.8 Å². The standard InChI is InChI=1S/C18H13N5O4S/c24-14-13(20-15(21-17(14)26)11-7-4-8-28-11)16(25)19-9-12-22-23-18(27-12)10-5-2-1-3-6-10/h1-8,24H,9H2,(H,19,25)(H,20,21,26). The molecule has 10 heteroatoms. The molecule has 0 saturated carbocycles. The number of hydrogen-bond donors (Lipinski definition) is 3. The molecule has 3 heterocycles. The van der Waals surface area contributed by atoms with E-state index in [1.54, 1.807) is 12.1 Å². The molecule has 0 spiro atoms. The van der Waals surface area contributed by atoms with E-state index in [-0.39, 0.29) is 24.0 Å². The van der Waals surface area contributed by atoms with Crippen LogP contribution in [0.25, 0.3) is 22.2 Å². The average molecular weight is 395 g/mol. The Morgan fingerprint density at radius 3 is 2.75 bits per heavy atom. The van der Waals surface area contributed by atoms with Gasteiger partial charge in [0.1, 0.15) is 0 Å². The van der Waals surface area contributed by atoms with Crippen molar-refractivity contribution < 1.29 is 14.3 Å². The number of thiophene rings is 1. The zero-order chi connectivity index (χ0) is 19.5. The van der Waals surface area contributed by atoms with Crippen molar-refractivity contribution in [3.05, 3.63) is 69.8 Å². The van der Waals surface area contributed by atoms with E-state index < -0.39 is 17.2 Å². The Labute approximate surface area is 161 Å². The Morgan fingerprint density at radius 2 is 2.00 bits per heavy atom. The van der Waals surface area contributed by atoms with Crippen LogP contribution in [0, 0.1) is 0 Å². The zero-order valence-electron chi connectivity index (χ0n) is 14.2. The minimum Gasteiger partial charge on any atom is -0.501 e. The minimum atomic E-state index is -0.798. The lowest BCUT2D eigenvalue weighted by Crippen LogP contribution is -2.26. The molecule has 3 N–H and O–H groups in total. The van der Waals surface area contributed by atoms with Crippen molar-refractivity contribution in [3.63, 3.8) is 0 Å². The van der Waals surface area contributed by atoms with E-state index in [1.807, 2.05) is 35.7 Å². The summed E-state index contributed by atoms with van der Waals surface area (Å²) in [6, 6.07) is 12.7. The van der Waals surface area contributed by atoms with E-state index in [0.29, 0.717) is 10.8 Å². The summed E-state index contributed by atoms with van der Waals surface area (Å²) in [6.45, 7) is -0.0824. The summed E-state index contributed by atoms with van der Waals surface area (Å²) in [6.07, 6.45) is 0. The van der Waals surface area contributed by atoms with Gasteiger partial charge in [-0.1, -0.05) is 24.3 Å². The van der Waals surface area contributed by atoms with Crippen LogP contribution in [-0.2, 0) is 6.54 Å². The van der Waals surface area contributed by atoms with E-state index in [9.17, 15) is 14.7 Å². The number of amides is 1. The van der Waals surface area contributed by atoms with E-state index in [0.717, 1.165) is 5.56 Å². The molecule has 140 valence electrons. The summed E-state index contributed by atoms with van der Waals surface area (Å²) < 4.78 is 5.51. The number of benzene rings is 1. The second-order valence-corrected chi connectivity index (χ2v) is 6.59. The largest absolute Gasteiger partial charge is 0.501 e. The van der Waals surface area contributed by atoms with Crippen LogP contribution in [-0.4, -0.2) is 31.2 Å². The number of aromatic nitrogens is 4. The highest BCUT2D eigenvalue weighted by molar-refractivity contribution is 7.13. The van der Waals surface area contributed by atoms with Crippen LogP contribution in [0.5, 0.6) is 5.75 Å². The van der Waals surface area contributed by atoms with Gasteiger partial charge >= 0.3 is 0 Å². The van der Waals surface area contributed by atoms with Gasteiger partial charge in [0.05, 0.1) is 11.4 Å². The molecule has 1 aromatic carbocycles. The normalized spacial score (nSPS) is 10.7. The number of rotatable bonds is 5. The third-order valence-electron chi connectivity index (χ3n) is 3.75. The monoisotopic (exact) mass is 395 g/mol. The summed E-state index contributed by atoms with van der Waals surface area (Å²) in [5.41, 5.74) is -0.426. The van der Waals surface area contributed by atoms with Gasteiger partial charge in [0.15, 0.2) is 11.5 Å². The van der Waals surface area contributed by atoms with Crippen molar-refractivity contribution >= 4 is 17.2 Å². The van der Waals surface area contributed by atoms with Gasteiger partial charge in [-0.05, 0) is 23.6 Å². The van der Waals surface area contributed by atoms with E-state index in [2.05, 4.69) is 25.5 Å². The topological polar surface area (TPSA) is 134 Å². The van der Waals surface area contributed by atoms with Crippen LogP contribution < -0.4 is 10.9 Å². The SMILES string of the molecule is O=C(NCc1nnc(-c2ccccc2)o1)c1nc(-c2cccs2)[nH]c(=O)c1O. The zero-order valence-corrected chi connectivity index (χ0v) is 15.1. The summed E-state index contributed by atoms with van der Waals surface area (Å²) in [7, 11) is 0. The van der Waals surface area contributed by atoms with E-state index >= 15 is 0 Å². The van der Waals surface area contributed by atoms with Crippen molar-refractivity contribution in [2.24, 2.45) is 0 Å². The Morgan fingerprint density at radius 1 is 1.18 bits per heavy atom. The third kappa shape index (κ3) is 3.53. The summed E-state index contributed by atoms with van der Waals surface area (Å²) >= 11 is 1.34. The van der Waals surface area contributed by atoms with Gasteiger partial charge in [-0.3, -0.25) is 9.59 Å². The van der Waals surface area contributed by atoms with Crippen LogP contribution in [0.2, 0.25) is 0 Å². The number of nitrogens with zero attached hydrogens (tertiary/aromatic N) is 3. The maximum absolute atomic E-state index is 12.4. The first-order chi connectivity index (χ1) is 13.6. The molecule has 0 fully saturated rings. The van der Waals surface area contributed by atoms with Gasteiger partial charge in [-0.15, -0.1) is 21.5 Å². The van der Waals surface area contributed by atoms with Crippen molar-refractivity contribution in [2.75, 3.05) is 0 Å². The Balaban J connectivity index is 1.52. The molecule has 0 bridgehead atoms. The van der Waals surface area contributed by atoms with E-state index in [1.165, 1.54) is 11.3 Å². The Kier molecular flexibility index (Phi) is 4.68. The predicted octanol–water partition coefficient (Wildman–Crippen LogP) is 2.18. The average Bonchev–Trinajstić information content (AvgIpc) is 3.41.